The van der Waals surface area contributed by atoms with Crippen LogP contribution < -0.4 is 15.2 Å². The van der Waals surface area contributed by atoms with Crippen molar-refractivity contribution >= 4 is 16.9 Å². The van der Waals surface area contributed by atoms with Crippen LogP contribution in [0.4, 0.5) is 5.82 Å². The molecule has 0 atom stereocenters. The Morgan fingerprint density at radius 3 is 2.50 bits per heavy atom. The van der Waals surface area contributed by atoms with Gasteiger partial charge in [0, 0.05) is 11.6 Å². The Balaban J connectivity index is 1.49. The third kappa shape index (κ3) is 3.32. The number of methoxy groups -OCH3 is 1. The number of hydrogen-bond donors (Lipinski definition) is 1. The summed E-state index contributed by atoms with van der Waals surface area (Å²) < 4.78 is 13.2. The van der Waals surface area contributed by atoms with Gasteiger partial charge in [-0.2, -0.15) is 5.10 Å². The maximum atomic E-state index is 6.22. The van der Waals surface area contributed by atoms with Crippen LogP contribution in [-0.2, 0) is 0 Å². The summed E-state index contributed by atoms with van der Waals surface area (Å²) in [5.41, 5.74) is 8.79. The molecule has 2 heterocycles. The molecule has 2 N–H and O–H groups in total. The van der Waals surface area contributed by atoms with E-state index in [-0.39, 0.29) is 0 Å². The summed E-state index contributed by atoms with van der Waals surface area (Å²) in [5, 5.41) is 5.73. The second kappa shape index (κ2) is 7.67. The Kier molecular flexibility index (Phi) is 4.71. The van der Waals surface area contributed by atoms with E-state index >= 15 is 0 Å². The number of nitrogens with two attached hydrogens (primary N) is 1. The fourth-order valence-electron chi connectivity index (χ4n) is 4.08. The van der Waals surface area contributed by atoms with Gasteiger partial charge in [-0.3, -0.25) is 0 Å². The molecule has 7 heteroatoms. The van der Waals surface area contributed by atoms with Crippen LogP contribution >= 0.6 is 0 Å². The predicted molar refractivity (Wildman–Crippen MR) is 116 cm³/mol. The van der Waals surface area contributed by atoms with Crippen LogP contribution in [0.5, 0.6) is 17.2 Å². The van der Waals surface area contributed by atoms with Gasteiger partial charge in [0.05, 0.1) is 18.5 Å². The maximum Gasteiger partial charge on any atom is 0.164 e. The van der Waals surface area contributed by atoms with Gasteiger partial charge in [-0.1, -0.05) is 18.9 Å². The van der Waals surface area contributed by atoms with Crippen molar-refractivity contribution in [1.82, 2.24) is 19.7 Å². The lowest BCUT2D eigenvalue weighted by atomic mass is 10.1. The number of nitrogen functional groups attached to an aromatic ring is 1. The number of aromatic nitrogens is 4. The first-order chi connectivity index (χ1) is 14.7. The first-order valence-electron chi connectivity index (χ1n) is 10.1. The summed E-state index contributed by atoms with van der Waals surface area (Å²) >= 11 is 0. The Bertz CT molecular complexity index is 1180. The monoisotopic (exact) mass is 401 g/mol. The van der Waals surface area contributed by atoms with E-state index in [1.165, 1.54) is 19.2 Å². The van der Waals surface area contributed by atoms with E-state index in [0.717, 1.165) is 52.4 Å². The van der Waals surface area contributed by atoms with Crippen molar-refractivity contribution in [2.75, 3.05) is 12.8 Å². The topological polar surface area (TPSA) is 88.1 Å². The molecule has 0 saturated heterocycles. The van der Waals surface area contributed by atoms with Gasteiger partial charge in [0.25, 0.3) is 0 Å². The summed E-state index contributed by atoms with van der Waals surface area (Å²) in [5.74, 6) is 2.66. The Morgan fingerprint density at radius 2 is 1.73 bits per heavy atom. The van der Waals surface area contributed by atoms with Crippen molar-refractivity contribution in [3.05, 3.63) is 54.9 Å². The number of anilines is 1. The lowest BCUT2D eigenvalue weighted by molar-refractivity contribution is 0.409. The molecule has 5 rings (SSSR count). The fraction of sp³-hybridized carbons (Fsp3) is 0.261. The van der Waals surface area contributed by atoms with E-state index in [9.17, 15) is 0 Å². The van der Waals surface area contributed by atoms with E-state index in [4.69, 9.17) is 20.3 Å². The third-order valence-corrected chi connectivity index (χ3v) is 5.59. The molecule has 152 valence electrons. The van der Waals surface area contributed by atoms with E-state index in [0.29, 0.717) is 11.9 Å². The standard InChI is InChI=1S/C23H23N5O2/c1-29-18-7-4-8-19(13-18)30-17-11-9-15(10-12-17)21-20-22(24)25-14-26-23(20)28(27-21)16-5-2-3-6-16/h4,7-14,16H,2-3,5-6H2,1H3,(H2,24,25,26). The minimum Gasteiger partial charge on any atom is -0.497 e. The van der Waals surface area contributed by atoms with Crippen LogP contribution in [0.15, 0.2) is 54.9 Å². The largest absolute Gasteiger partial charge is 0.497 e. The number of benzene rings is 2. The number of fused-ring (bicyclic) bond motifs is 1. The average Bonchev–Trinajstić information content (AvgIpc) is 3.43. The van der Waals surface area contributed by atoms with Crippen LogP contribution in [0.3, 0.4) is 0 Å². The summed E-state index contributed by atoms with van der Waals surface area (Å²) in [7, 11) is 1.64. The van der Waals surface area contributed by atoms with Crippen molar-refractivity contribution in [3.63, 3.8) is 0 Å². The van der Waals surface area contributed by atoms with Gasteiger partial charge in [-0.25, -0.2) is 14.6 Å². The SMILES string of the molecule is COc1cccc(Oc2ccc(-c3nn(C4CCCC4)c4ncnc(N)c34)cc2)c1. The summed E-state index contributed by atoms with van der Waals surface area (Å²) in [6.07, 6.45) is 6.19. The minimum atomic E-state index is 0.367. The van der Waals surface area contributed by atoms with E-state index in [1.54, 1.807) is 7.11 Å². The second-order valence-electron chi connectivity index (χ2n) is 7.49. The molecular formula is C23H23N5O2. The normalized spacial score (nSPS) is 14.3. The van der Waals surface area contributed by atoms with Crippen LogP contribution in [0.2, 0.25) is 0 Å². The molecule has 0 unspecified atom stereocenters. The molecule has 1 fully saturated rings. The zero-order chi connectivity index (χ0) is 20.5. The van der Waals surface area contributed by atoms with Crippen LogP contribution in [0.1, 0.15) is 31.7 Å². The zero-order valence-electron chi connectivity index (χ0n) is 16.8. The quantitative estimate of drug-likeness (QED) is 0.507. The molecular weight excluding hydrogens is 378 g/mol. The zero-order valence-corrected chi connectivity index (χ0v) is 16.8. The molecule has 2 aromatic heterocycles. The number of rotatable bonds is 5. The Morgan fingerprint density at radius 1 is 0.967 bits per heavy atom. The van der Waals surface area contributed by atoms with Gasteiger partial charge in [0.15, 0.2) is 5.65 Å². The minimum absolute atomic E-state index is 0.367. The number of ether oxygens (including phenoxy) is 2. The van der Waals surface area contributed by atoms with Crippen LogP contribution in [0.25, 0.3) is 22.3 Å². The number of nitrogens with zero attached hydrogens (tertiary/aromatic N) is 4. The first kappa shape index (κ1) is 18.4. The van der Waals surface area contributed by atoms with Gasteiger partial charge in [0.1, 0.15) is 35.1 Å². The van der Waals surface area contributed by atoms with Crippen LogP contribution in [-0.4, -0.2) is 26.9 Å². The summed E-state index contributed by atoms with van der Waals surface area (Å²) in [4.78, 5) is 8.70. The highest BCUT2D eigenvalue weighted by Crippen LogP contribution is 2.37. The summed E-state index contributed by atoms with van der Waals surface area (Å²) in [6, 6.07) is 15.7. The van der Waals surface area contributed by atoms with E-state index < -0.39 is 0 Å². The van der Waals surface area contributed by atoms with E-state index in [1.807, 2.05) is 53.2 Å². The Hall–Kier alpha value is -3.61. The molecule has 30 heavy (non-hydrogen) atoms. The molecule has 2 aromatic carbocycles. The molecule has 0 spiro atoms. The highest BCUT2D eigenvalue weighted by molar-refractivity contribution is 5.98. The van der Waals surface area contributed by atoms with Crippen molar-refractivity contribution < 1.29 is 9.47 Å². The molecule has 1 aliphatic carbocycles. The molecule has 7 nitrogen and oxygen atoms in total. The van der Waals surface area contributed by atoms with Crippen molar-refractivity contribution in [2.24, 2.45) is 0 Å². The fourth-order valence-corrected chi connectivity index (χ4v) is 4.08. The number of hydrogen-bond acceptors (Lipinski definition) is 6. The first-order valence-corrected chi connectivity index (χ1v) is 10.1. The summed E-state index contributed by atoms with van der Waals surface area (Å²) in [6.45, 7) is 0. The van der Waals surface area contributed by atoms with Crippen molar-refractivity contribution in [1.29, 1.82) is 0 Å². The maximum absolute atomic E-state index is 6.22. The lowest BCUT2D eigenvalue weighted by Crippen LogP contribution is -2.07. The highest BCUT2D eigenvalue weighted by Gasteiger charge is 2.24. The average molecular weight is 401 g/mol. The predicted octanol–water partition coefficient (Wildman–Crippen LogP) is 4.99. The molecule has 1 aliphatic rings. The molecule has 0 radical (unpaired) electrons. The van der Waals surface area contributed by atoms with Gasteiger partial charge in [-0.15, -0.1) is 0 Å². The molecule has 0 bridgehead atoms. The molecule has 0 amide bonds. The Labute approximate surface area is 174 Å². The molecule has 4 aromatic rings. The smallest absolute Gasteiger partial charge is 0.164 e. The highest BCUT2D eigenvalue weighted by atomic mass is 16.5. The third-order valence-electron chi connectivity index (χ3n) is 5.59. The van der Waals surface area contributed by atoms with Crippen molar-refractivity contribution in [2.45, 2.75) is 31.7 Å². The molecule has 0 aliphatic heterocycles. The van der Waals surface area contributed by atoms with E-state index in [2.05, 4.69) is 9.97 Å². The van der Waals surface area contributed by atoms with Gasteiger partial charge >= 0.3 is 0 Å². The van der Waals surface area contributed by atoms with Gasteiger partial charge < -0.3 is 15.2 Å². The van der Waals surface area contributed by atoms with Crippen LogP contribution in [0, 0.1) is 0 Å². The van der Waals surface area contributed by atoms with Gasteiger partial charge in [0.2, 0.25) is 0 Å². The van der Waals surface area contributed by atoms with Gasteiger partial charge in [-0.05, 0) is 49.2 Å². The second-order valence-corrected chi connectivity index (χ2v) is 7.49. The molecule has 1 saturated carbocycles. The van der Waals surface area contributed by atoms with Crippen molar-refractivity contribution in [3.8, 4) is 28.5 Å². The lowest BCUT2D eigenvalue weighted by Gasteiger charge is -2.10.